The number of halogens is 1. The molecule has 0 aliphatic rings. The molecule has 0 amide bonds. The van der Waals surface area contributed by atoms with Crippen LogP contribution >= 0.6 is 24.0 Å². The molecule has 0 spiro atoms. The monoisotopic (exact) mass is 493 g/mol. The van der Waals surface area contributed by atoms with Crippen LogP contribution in [-0.4, -0.2) is 38.9 Å². The molecule has 0 atom stereocenters. The highest BCUT2D eigenvalue weighted by Crippen LogP contribution is 2.08. The van der Waals surface area contributed by atoms with Gasteiger partial charge < -0.3 is 15.2 Å². The van der Waals surface area contributed by atoms with Gasteiger partial charge in [0.15, 0.2) is 5.96 Å². The zero-order valence-corrected chi connectivity index (χ0v) is 18.7. The summed E-state index contributed by atoms with van der Waals surface area (Å²) in [7, 11) is 1.79. The van der Waals surface area contributed by atoms with E-state index in [-0.39, 0.29) is 24.0 Å². The lowest BCUT2D eigenvalue weighted by Crippen LogP contribution is -2.37. The van der Waals surface area contributed by atoms with Crippen LogP contribution in [0.1, 0.15) is 23.4 Å². The summed E-state index contributed by atoms with van der Waals surface area (Å²) in [6.45, 7) is 5.33. The van der Waals surface area contributed by atoms with Crippen molar-refractivity contribution in [3.8, 4) is 0 Å². The Bertz CT molecular complexity index is 855. The fraction of sp³-hybridized carbons (Fsp3) is 0.350. The summed E-state index contributed by atoms with van der Waals surface area (Å²) >= 11 is 0. The first-order chi connectivity index (χ1) is 13.2. The second-order valence-corrected chi connectivity index (χ2v) is 6.40. The van der Waals surface area contributed by atoms with Gasteiger partial charge in [0, 0.05) is 58.0 Å². The van der Waals surface area contributed by atoms with E-state index in [1.165, 1.54) is 11.1 Å². The maximum Gasteiger partial charge on any atom is 0.191 e. The average molecular weight is 493 g/mol. The number of hydrogen-bond donors (Lipinski definition) is 2. The molecule has 2 heterocycles. The van der Waals surface area contributed by atoms with Crippen LogP contribution in [0, 0.1) is 6.92 Å². The maximum atomic E-state index is 4.29. The zero-order valence-electron chi connectivity index (χ0n) is 16.4. The molecular weight excluding hydrogens is 465 g/mol. The van der Waals surface area contributed by atoms with Crippen LogP contribution in [0.2, 0.25) is 0 Å². The smallest absolute Gasteiger partial charge is 0.191 e. The Hall–Kier alpha value is -2.36. The molecule has 0 unspecified atom stereocenters. The highest BCUT2D eigenvalue weighted by molar-refractivity contribution is 14.0. The van der Waals surface area contributed by atoms with Crippen LogP contribution in [0.25, 0.3) is 0 Å². The van der Waals surface area contributed by atoms with Gasteiger partial charge in [-0.05, 0) is 30.5 Å². The maximum absolute atomic E-state index is 4.29. The number of aryl methyl sites for hydroxylation is 2. The molecule has 2 N–H and O–H groups in total. The van der Waals surface area contributed by atoms with Gasteiger partial charge >= 0.3 is 0 Å². The Kier molecular flexibility index (Phi) is 8.99. The predicted molar refractivity (Wildman–Crippen MR) is 123 cm³/mol. The van der Waals surface area contributed by atoms with E-state index < -0.39 is 0 Å². The minimum atomic E-state index is 0. The van der Waals surface area contributed by atoms with Gasteiger partial charge in [-0.25, -0.2) is 4.98 Å². The van der Waals surface area contributed by atoms with Gasteiger partial charge in [0.05, 0.1) is 0 Å². The highest BCUT2D eigenvalue weighted by Gasteiger charge is 2.02. The summed E-state index contributed by atoms with van der Waals surface area (Å²) in [6.07, 6.45) is 8.61. The van der Waals surface area contributed by atoms with Gasteiger partial charge in [-0.3, -0.25) is 9.67 Å². The molecule has 3 aromatic rings. The van der Waals surface area contributed by atoms with Crippen molar-refractivity contribution in [1.29, 1.82) is 0 Å². The van der Waals surface area contributed by atoms with Crippen LogP contribution in [0.4, 0.5) is 0 Å². The van der Waals surface area contributed by atoms with E-state index in [4.69, 9.17) is 0 Å². The molecule has 0 saturated heterocycles. The molecule has 7 nitrogen and oxygen atoms in total. The van der Waals surface area contributed by atoms with Crippen molar-refractivity contribution in [2.24, 2.45) is 4.99 Å². The molecule has 0 aliphatic heterocycles. The number of guanidine groups is 1. The van der Waals surface area contributed by atoms with Crippen LogP contribution < -0.4 is 10.6 Å². The lowest BCUT2D eigenvalue weighted by atomic mass is 10.1. The van der Waals surface area contributed by atoms with E-state index in [2.05, 4.69) is 54.5 Å². The fourth-order valence-electron chi connectivity index (χ4n) is 2.89. The predicted octanol–water partition coefficient (Wildman–Crippen LogP) is 2.81. The number of imidazole rings is 1. The molecule has 0 aliphatic carbocycles. The van der Waals surface area contributed by atoms with Crippen molar-refractivity contribution >= 4 is 29.9 Å². The van der Waals surface area contributed by atoms with Crippen LogP contribution in [0.3, 0.4) is 0 Å². The van der Waals surface area contributed by atoms with Gasteiger partial charge in [0.2, 0.25) is 0 Å². The number of hydrogen-bond acceptors (Lipinski definition) is 3. The first-order valence-corrected chi connectivity index (χ1v) is 9.22. The van der Waals surface area contributed by atoms with Crippen molar-refractivity contribution in [2.45, 2.75) is 33.0 Å². The van der Waals surface area contributed by atoms with Crippen LogP contribution in [-0.2, 0) is 19.6 Å². The number of aliphatic imine (C=N–C) groups is 1. The summed E-state index contributed by atoms with van der Waals surface area (Å²) in [5.74, 6) is 1.84. The third-order valence-electron chi connectivity index (χ3n) is 4.37. The second-order valence-electron chi connectivity index (χ2n) is 6.40. The van der Waals surface area contributed by atoms with Crippen molar-refractivity contribution in [2.75, 3.05) is 13.6 Å². The minimum Gasteiger partial charge on any atom is -0.356 e. The van der Waals surface area contributed by atoms with Crippen molar-refractivity contribution in [3.63, 3.8) is 0 Å². The number of benzene rings is 1. The number of aromatic nitrogens is 4. The van der Waals surface area contributed by atoms with E-state index in [1.54, 1.807) is 13.2 Å². The summed E-state index contributed by atoms with van der Waals surface area (Å²) in [5, 5.41) is 10.9. The molecule has 3 rings (SSSR count). The molecule has 150 valence electrons. The van der Waals surface area contributed by atoms with Crippen molar-refractivity contribution < 1.29 is 0 Å². The SMILES string of the molecule is CN=C(NCCCn1cccn1)NCc1cccc(Cn2ccnc2C)c1.I. The molecule has 0 radical (unpaired) electrons. The Morgan fingerprint density at radius 3 is 2.68 bits per heavy atom. The van der Waals surface area contributed by atoms with E-state index in [9.17, 15) is 0 Å². The van der Waals surface area contributed by atoms with Gasteiger partial charge in [0.1, 0.15) is 5.82 Å². The third-order valence-corrected chi connectivity index (χ3v) is 4.37. The molecular formula is C20H28IN7. The third kappa shape index (κ3) is 6.66. The molecule has 0 saturated carbocycles. The number of nitrogens with one attached hydrogen (secondary N) is 2. The van der Waals surface area contributed by atoms with Crippen molar-refractivity contribution in [1.82, 2.24) is 30.0 Å². The van der Waals surface area contributed by atoms with E-state index in [1.807, 2.05) is 36.3 Å². The number of nitrogens with zero attached hydrogens (tertiary/aromatic N) is 5. The first-order valence-electron chi connectivity index (χ1n) is 9.22. The standard InChI is InChI=1S/C20H27N7.HI/c1-17-22-10-13-26(17)16-19-7-3-6-18(14-19)15-24-20(21-2)23-8-4-11-27-12-5-9-25-27;/h3,5-7,9-10,12-14H,4,8,11,15-16H2,1-2H3,(H2,21,23,24);1H. The Morgan fingerprint density at radius 1 is 1.11 bits per heavy atom. The van der Waals surface area contributed by atoms with Gasteiger partial charge in [-0.15, -0.1) is 24.0 Å². The lowest BCUT2D eigenvalue weighted by molar-refractivity contribution is 0.570. The molecule has 0 bridgehead atoms. The average Bonchev–Trinajstić information content (AvgIpc) is 3.34. The Morgan fingerprint density at radius 2 is 1.96 bits per heavy atom. The lowest BCUT2D eigenvalue weighted by Gasteiger charge is -2.13. The summed E-state index contributed by atoms with van der Waals surface area (Å²) in [6, 6.07) is 10.5. The highest BCUT2D eigenvalue weighted by atomic mass is 127. The first kappa shape index (κ1) is 21.9. The van der Waals surface area contributed by atoms with E-state index >= 15 is 0 Å². The summed E-state index contributed by atoms with van der Waals surface area (Å²) < 4.78 is 4.08. The molecule has 8 heteroatoms. The normalized spacial score (nSPS) is 11.1. The van der Waals surface area contributed by atoms with Gasteiger partial charge in [-0.1, -0.05) is 24.3 Å². The van der Waals surface area contributed by atoms with E-state index in [0.29, 0.717) is 0 Å². The zero-order chi connectivity index (χ0) is 18.9. The van der Waals surface area contributed by atoms with Crippen LogP contribution in [0.5, 0.6) is 0 Å². The van der Waals surface area contributed by atoms with Crippen molar-refractivity contribution in [3.05, 3.63) is 72.1 Å². The molecule has 0 fully saturated rings. The summed E-state index contributed by atoms with van der Waals surface area (Å²) in [5.41, 5.74) is 2.49. The quantitative estimate of drug-likeness (QED) is 0.219. The summed E-state index contributed by atoms with van der Waals surface area (Å²) in [4.78, 5) is 8.57. The Labute approximate surface area is 183 Å². The Balaban J connectivity index is 0.00000280. The molecule has 2 aromatic heterocycles. The van der Waals surface area contributed by atoms with Gasteiger partial charge in [-0.2, -0.15) is 5.10 Å². The number of rotatable bonds is 8. The molecule has 28 heavy (non-hydrogen) atoms. The van der Waals surface area contributed by atoms with Crippen LogP contribution in [0.15, 0.2) is 60.1 Å². The second kappa shape index (κ2) is 11.5. The van der Waals surface area contributed by atoms with E-state index in [0.717, 1.165) is 44.4 Å². The largest absolute Gasteiger partial charge is 0.356 e. The van der Waals surface area contributed by atoms with Gasteiger partial charge in [0.25, 0.3) is 0 Å². The minimum absolute atomic E-state index is 0. The topological polar surface area (TPSA) is 72.1 Å². The fourth-order valence-corrected chi connectivity index (χ4v) is 2.89. The molecule has 1 aromatic carbocycles.